The molecular weight excluding hydrogens is 685 g/mol. The third-order valence-electron chi connectivity index (χ3n) is 12.6. The molecule has 0 amide bonds. The molecule has 7 rings (SSSR count). The molecule has 1 atom stereocenters. The predicted octanol–water partition coefficient (Wildman–Crippen LogP) is 11.7. The molecule has 292 valence electrons. The zero-order valence-electron chi connectivity index (χ0n) is 33.5. The maximum Gasteiger partial charge on any atom is 0.328 e. The minimum atomic E-state index is -0.942. The van der Waals surface area contributed by atoms with E-state index in [1.807, 2.05) is 30.4 Å². The van der Waals surface area contributed by atoms with Gasteiger partial charge < -0.3 is 19.7 Å². The van der Waals surface area contributed by atoms with Gasteiger partial charge in [0.1, 0.15) is 5.75 Å². The Morgan fingerprint density at radius 3 is 2.11 bits per heavy atom. The van der Waals surface area contributed by atoms with Crippen molar-refractivity contribution in [3.8, 4) is 16.9 Å². The SMILES string of the molecule is CC(C=CC1=C(C)C(OCCCCOc2ccc(-c3ccc(C=CC(=O)O)cc3)cc2C23CC4CC(CC(C4)C2)C3)CCC1(C)C)=CC=CC(C)=CC(=O)O. The van der Waals surface area contributed by atoms with Crippen LogP contribution in [0, 0.1) is 23.2 Å². The highest BCUT2D eigenvalue weighted by Crippen LogP contribution is 2.62. The predicted molar refractivity (Wildman–Crippen MR) is 222 cm³/mol. The first-order valence-corrected chi connectivity index (χ1v) is 20.4. The fourth-order valence-corrected chi connectivity index (χ4v) is 10.2. The van der Waals surface area contributed by atoms with Crippen LogP contribution in [0.15, 0.2) is 107 Å². The van der Waals surface area contributed by atoms with Crippen LogP contribution >= 0.6 is 0 Å². The molecule has 2 N–H and O–H groups in total. The van der Waals surface area contributed by atoms with Crippen LogP contribution in [0.25, 0.3) is 17.2 Å². The summed E-state index contributed by atoms with van der Waals surface area (Å²) in [5.74, 6) is 1.67. The van der Waals surface area contributed by atoms with Crippen LogP contribution < -0.4 is 4.74 Å². The van der Waals surface area contributed by atoms with Gasteiger partial charge in [-0.3, -0.25) is 0 Å². The topological polar surface area (TPSA) is 93.1 Å². The Labute approximate surface area is 328 Å². The molecule has 1 unspecified atom stereocenters. The molecule has 0 spiro atoms. The van der Waals surface area contributed by atoms with E-state index < -0.39 is 11.9 Å². The van der Waals surface area contributed by atoms with Crippen molar-refractivity contribution >= 4 is 18.0 Å². The van der Waals surface area contributed by atoms with E-state index in [0.717, 1.165) is 65.9 Å². The fourth-order valence-electron chi connectivity index (χ4n) is 10.2. The first kappa shape index (κ1) is 40.2. The van der Waals surface area contributed by atoms with Crippen LogP contribution in [-0.4, -0.2) is 41.5 Å². The third kappa shape index (κ3) is 10.3. The average molecular weight is 745 g/mol. The standard InChI is InChI=1S/C49H60O6/c1-33(9-8-10-34(2)25-47(52)53)11-18-42-35(3)44(21-22-48(42,4)5)54-23-6-7-24-55-45-19-17-41(40-15-12-36(13-16-40)14-20-46(50)51)29-43(45)49-30-37-26-38(31-49)28-39(27-37)32-49/h8-20,25,29,37-39,44H,6-7,21-24,26-28,30-32H2,1-5H3,(H,50,51)(H,52,53). The van der Waals surface area contributed by atoms with Gasteiger partial charge in [-0.05, 0) is 165 Å². The average Bonchev–Trinajstić information content (AvgIpc) is 3.12. The van der Waals surface area contributed by atoms with E-state index in [-0.39, 0.29) is 16.9 Å². The van der Waals surface area contributed by atoms with E-state index in [1.165, 1.54) is 73.0 Å². The van der Waals surface area contributed by atoms with Gasteiger partial charge in [0, 0.05) is 24.3 Å². The molecule has 0 saturated heterocycles. The minimum absolute atomic E-state index is 0.0674. The summed E-state index contributed by atoms with van der Waals surface area (Å²) in [4.78, 5) is 21.9. The number of unbranched alkanes of at least 4 members (excludes halogenated alkanes) is 1. The number of carboxylic acid groups (broad SMARTS) is 2. The summed E-state index contributed by atoms with van der Waals surface area (Å²) in [6.45, 7) is 12.0. The highest BCUT2D eigenvalue weighted by Gasteiger charge is 2.52. The zero-order valence-corrected chi connectivity index (χ0v) is 33.5. The summed E-state index contributed by atoms with van der Waals surface area (Å²) in [5.41, 5.74) is 9.30. The normalized spacial score (nSPS) is 26.5. The Bertz CT molecular complexity index is 1860. The molecular formula is C49H60O6. The lowest BCUT2D eigenvalue weighted by atomic mass is 9.48. The lowest BCUT2D eigenvalue weighted by Crippen LogP contribution is -2.48. The molecule has 4 bridgehead atoms. The highest BCUT2D eigenvalue weighted by atomic mass is 16.5. The van der Waals surface area contributed by atoms with Crippen LogP contribution in [-0.2, 0) is 19.7 Å². The number of hydrogen-bond donors (Lipinski definition) is 2. The van der Waals surface area contributed by atoms with Crippen molar-refractivity contribution in [2.45, 2.75) is 110 Å². The van der Waals surface area contributed by atoms with Crippen molar-refractivity contribution in [3.05, 3.63) is 118 Å². The summed E-state index contributed by atoms with van der Waals surface area (Å²) in [6, 6.07) is 15.0. The van der Waals surface area contributed by atoms with E-state index in [0.29, 0.717) is 18.8 Å². The summed E-state index contributed by atoms with van der Waals surface area (Å²) >= 11 is 0. The van der Waals surface area contributed by atoms with Crippen LogP contribution in [0.3, 0.4) is 0 Å². The first-order chi connectivity index (χ1) is 26.3. The van der Waals surface area contributed by atoms with Crippen molar-refractivity contribution in [3.63, 3.8) is 0 Å². The van der Waals surface area contributed by atoms with Crippen LogP contribution in [0.2, 0.25) is 0 Å². The summed E-state index contributed by atoms with van der Waals surface area (Å²) in [7, 11) is 0. The van der Waals surface area contributed by atoms with Gasteiger partial charge >= 0.3 is 11.9 Å². The molecule has 4 saturated carbocycles. The van der Waals surface area contributed by atoms with Gasteiger partial charge in [0.2, 0.25) is 0 Å². The van der Waals surface area contributed by atoms with Gasteiger partial charge in [0.25, 0.3) is 0 Å². The van der Waals surface area contributed by atoms with Gasteiger partial charge in [-0.15, -0.1) is 0 Å². The van der Waals surface area contributed by atoms with E-state index in [4.69, 9.17) is 19.7 Å². The number of ether oxygens (including phenoxy) is 2. The van der Waals surface area contributed by atoms with Crippen LogP contribution in [0.4, 0.5) is 0 Å². The van der Waals surface area contributed by atoms with Gasteiger partial charge in [0.15, 0.2) is 0 Å². The molecule has 5 aliphatic rings. The largest absolute Gasteiger partial charge is 0.493 e. The first-order valence-electron chi connectivity index (χ1n) is 20.4. The Hall–Kier alpha value is -4.42. The molecule has 0 aromatic heterocycles. The smallest absolute Gasteiger partial charge is 0.328 e. The quantitative estimate of drug-likeness (QED) is 0.101. The Morgan fingerprint density at radius 1 is 0.800 bits per heavy atom. The molecule has 0 heterocycles. The molecule has 2 aromatic rings. The van der Waals surface area contributed by atoms with Crippen molar-refractivity contribution in [1.82, 2.24) is 0 Å². The molecule has 0 aliphatic heterocycles. The van der Waals surface area contributed by atoms with Crippen molar-refractivity contribution in [1.29, 1.82) is 0 Å². The van der Waals surface area contributed by atoms with E-state index >= 15 is 0 Å². The highest BCUT2D eigenvalue weighted by molar-refractivity contribution is 5.85. The second-order valence-electron chi connectivity index (χ2n) is 17.5. The van der Waals surface area contributed by atoms with Crippen molar-refractivity contribution in [2.24, 2.45) is 23.2 Å². The maximum atomic E-state index is 11.0. The number of rotatable bonds is 16. The molecule has 6 heteroatoms. The van der Waals surface area contributed by atoms with Crippen LogP contribution in [0.1, 0.15) is 110 Å². The van der Waals surface area contributed by atoms with Gasteiger partial charge in [-0.25, -0.2) is 9.59 Å². The second kappa shape index (κ2) is 17.6. The Morgan fingerprint density at radius 2 is 1.45 bits per heavy atom. The number of carboxylic acids is 2. The molecule has 2 aromatic carbocycles. The zero-order chi connectivity index (χ0) is 39.2. The Balaban J connectivity index is 1.08. The number of allylic oxidation sites excluding steroid dienone is 8. The molecule has 5 aliphatic carbocycles. The fraction of sp³-hybridized carbons (Fsp3) is 0.469. The van der Waals surface area contributed by atoms with Gasteiger partial charge in [-0.1, -0.05) is 80.1 Å². The van der Waals surface area contributed by atoms with Gasteiger partial charge in [0.05, 0.1) is 12.7 Å². The lowest BCUT2D eigenvalue weighted by molar-refractivity contribution is -0.132. The minimum Gasteiger partial charge on any atom is -0.493 e. The number of aliphatic carboxylic acids is 2. The van der Waals surface area contributed by atoms with Gasteiger partial charge in [-0.2, -0.15) is 0 Å². The molecule has 4 fully saturated rings. The molecule has 55 heavy (non-hydrogen) atoms. The van der Waals surface area contributed by atoms with E-state index in [1.54, 1.807) is 13.0 Å². The van der Waals surface area contributed by atoms with Crippen molar-refractivity contribution in [2.75, 3.05) is 13.2 Å². The Kier molecular flexibility index (Phi) is 12.9. The third-order valence-corrected chi connectivity index (χ3v) is 12.6. The number of benzene rings is 2. The van der Waals surface area contributed by atoms with Crippen molar-refractivity contribution < 1.29 is 29.3 Å². The summed E-state index contributed by atoms with van der Waals surface area (Å²) in [5, 5.41) is 18.0. The second-order valence-corrected chi connectivity index (χ2v) is 17.5. The number of carbonyl (C=O) groups is 2. The number of hydrogen-bond acceptors (Lipinski definition) is 4. The lowest BCUT2D eigenvalue weighted by Gasteiger charge is -2.57. The monoisotopic (exact) mass is 744 g/mol. The summed E-state index contributed by atoms with van der Waals surface area (Å²) < 4.78 is 13.2. The maximum absolute atomic E-state index is 11.0. The molecule has 6 nitrogen and oxygen atoms in total. The van der Waals surface area contributed by atoms with E-state index in [2.05, 4.69) is 70.2 Å². The summed E-state index contributed by atoms with van der Waals surface area (Å²) in [6.07, 6.45) is 26.2. The molecule has 0 radical (unpaired) electrons. The van der Waals surface area contributed by atoms with Crippen LogP contribution in [0.5, 0.6) is 5.75 Å². The van der Waals surface area contributed by atoms with E-state index in [9.17, 15) is 9.59 Å².